The van der Waals surface area contributed by atoms with Crippen LogP contribution in [0, 0.1) is 0 Å². The van der Waals surface area contributed by atoms with E-state index in [9.17, 15) is 4.79 Å². The van der Waals surface area contributed by atoms with Crippen molar-refractivity contribution < 1.29 is 14.3 Å². The minimum absolute atomic E-state index is 0.297. The molecule has 2 amide bonds. The number of hydrogen-bond acceptors (Lipinski definition) is 5. The number of methoxy groups -OCH3 is 1. The van der Waals surface area contributed by atoms with Gasteiger partial charge in [-0.1, -0.05) is 103 Å². The third-order valence-electron chi connectivity index (χ3n) is 7.38. The van der Waals surface area contributed by atoms with Gasteiger partial charge in [0.1, 0.15) is 0 Å². The van der Waals surface area contributed by atoms with Crippen molar-refractivity contribution in [2.45, 2.75) is 103 Å². The van der Waals surface area contributed by atoms with Gasteiger partial charge in [-0.25, -0.2) is 4.79 Å². The van der Waals surface area contributed by atoms with Gasteiger partial charge in [-0.2, -0.15) is 0 Å². The minimum atomic E-state index is -0.297. The Balaban J connectivity index is 1.25. The molecule has 6 nitrogen and oxygen atoms in total. The van der Waals surface area contributed by atoms with Crippen LogP contribution in [0.25, 0.3) is 0 Å². The summed E-state index contributed by atoms with van der Waals surface area (Å²) >= 11 is 1.79. The molecule has 0 aromatic heterocycles. The Labute approximate surface area is 252 Å². The summed E-state index contributed by atoms with van der Waals surface area (Å²) in [6, 6.07) is 13.1. The number of hydrogen-bond donors (Lipinski definition) is 2. The maximum absolute atomic E-state index is 12.5. The van der Waals surface area contributed by atoms with Crippen molar-refractivity contribution in [2.24, 2.45) is 0 Å². The van der Waals surface area contributed by atoms with Crippen molar-refractivity contribution in [3.05, 3.63) is 59.6 Å². The molecular weight excluding hydrogens is 530 g/mol. The molecule has 41 heavy (non-hydrogen) atoms. The van der Waals surface area contributed by atoms with E-state index < -0.39 is 0 Å². The first-order valence-corrected chi connectivity index (χ1v) is 16.7. The number of unbranched alkanes of at least 4 members (excludes halogenated alkanes) is 13. The Bertz CT molecular complexity index is 1030. The third-order valence-corrected chi connectivity index (χ3v) is 8.18. The molecule has 2 N–H and O–H groups in total. The lowest BCUT2D eigenvalue weighted by atomic mass is 10.0. The largest absolute Gasteiger partial charge is 0.493 e. The molecule has 0 radical (unpaired) electrons. The fraction of sp³-hybridized carbons (Fsp3) is 0.559. The molecule has 1 aliphatic heterocycles. The number of thioether (sulfide) groups is 1. The summed E-state index contributed by atoms with van der Waals surface area (Å²) in [5.74, 6) is 2.30. The van der Waals surface area contributed by atoms with Crippen LogP contribution in [0.2, 0.25) is 0 Å². The molecule has 0 aliphatic carbocycles. The number of nitrogens with one attached hydrogen (secondary N) is 2. The van der Waals surface area contributed by atoms with Gasteiger partial charge in [0.25, 0.3) is 0 Å². The normalized spacial score (nSPS) is 12.5. The molecule has 2 aromatic rings. The predicted molar refractivity (Wildman–Crippen MR) is 175 cm³/mol. The van der Waals surface area contributed by atoms with Crippen molar-refractivity contribution in [3.8, 4) is 11.5 Å². The maximum atomic E-state index is 12.5. The lowest BCUT2D eigenvalue weighted by Crippen LogP contribution is -2.19. The van der Waals surface area contributed by atoms with Crippen molar-refractivity contribution in [1.29, 1.82) is 0 Å². The lowest BCUT2D eigenvalue weighted by Gasteiger charge is -2.15. The summed E-state index contributed by atoms with van der Waals surface area (Å²) in [6.07, 6.45) is 20.9. The summed E-state index contributed by atoms with van der Waals surface area (Å²) < 4.78 is 11.5. The van der Waals surface area contributed by atoms with Crippen LogP contribution < -0.4 is 20.1 Å². The number of urea groups is 1. The van der Waals surface area contributed by atoms with E-state index in [0.29, 0.717) is 23.8 Å². The number of anilines is 2. The van der Waals surface area contributed by atoms with E-state index in [4.69, 9.17) is 9.47 Å². The number of carbonyl (C=O) groups is 1. The number of rotatable bonds is 21. The zero-order valence-corrected chi connectivity index (χ0v) is 26.1. The zero-order chi connectivity index (χ0) is 29.0. The molecule has 7 heteroatoms. The molecule has 0 saturated heterocycles. The van der Waals surface area contributed by atoms with Crippen LogP contribution in [-0.2, 0) is 6.54 Å². The fourth-order valence-electron chi connectivity index (χ4n) is 4.97. The molecule has 3 rings (SSSR count). The van der Waals surface area contributed by atoms with Gasteiger partial charge in [-0.3, -0.25) is 0 Å². The van der Waals surface area contributed by atoms with Gasteiger partial charge in [0, 0.05) is 30.2 Å². The molecular formula is C34H51N3O3S. The Morgan fingerprint density at radius 1 is 0.780 bits per heavy atom. The quantitative estimate of drug-likeness (QED) is 0.144. The number of ether oxygens (including phenoxy) is 2. The van der Waals surface area contributed by atoms with Crippen LogP contribution in [0.5, 0.6) is 11.5 Å². The predicted octanol–water partition coefficient (Wildman–Crippen LogP) is 10.2. The summed E-state index contributed by atoms with van der Waals surface area (Å²) in [7, 11) is 1.62. The van der Waals surface area contributed by atoms with Crippen LogP contribution in [0.3, 0.4) is 0 Å². The highest BCUT2D eigenvalue weighted by atomic mass is 32.2. The molecule has 226 valence electrons. The van der Waals surface area contributed by atoms with Gasteiger partial charge in [-0.05, 0) is 41.7 Å². The molecule has 1 aliphatic rings. The number of amides is 2. The average molecular weight is 582 g/mol. The van der Waals surface area contributed by atoms with Gasteiger partial charge >= 0.3 is 6.03 Å². The maximum Gasteiger partial charge on any atom is 0.323 e. The first-order valence-electron chi connectivity index (χ1n) is 15.7. The van der Waals surface area contributed by atoms with Gasteiger partial charge in [0.05, 0.1) is 19.6 Å². The van der Waals surface area contributed by atoms with E-state index in [1.165, 1.54) is 89.0 Å². The second-order valence-electron chi connectivity index (χ2n) is 10.9. The number of carbonyl (C=O) groups excluding carboxylic acids is 1. The Morgan fingerprint density at radius 3 is 1.95 bits per heavy atom. The smallest absolute Gasteiger partial charge is 0.323 e. The number of nitrogens with zero attached hydrogens (tertiary/aromatic N) is 1. The van der Waals surface area contributed by atoms with Crippen LogP contribution in [0.15, 0.2) is 54.1 Å². The molecule has 0 bridgehead atoms. The Kier molecular flexibility index (Phi) is 16.1. The van der Waals surface area contributed by atoms with E-state index in [2.05, 4.69) is 34.1 Å². The van der Waals surface area contributed by atoms with Gasteiger partial charge in [-0.15, -0.1) is 11.8 Å². The topological polar surface area (TPSA) is 62.8 Å². The average Bonchev–Trinajstić information content (AvgIpc) is 3.49. The second-order valence-corrected chi connectivity index (χ2v) is 11.8. The summed E-state index contributed by atoms with van der Waals surface area (Å²) in [5.41, 5.74) is 2.60. The zero-order valence-electron chi connectivity index (χ0n) is 25.3. The molecule has 1 heterocycles. The van der Waals surface area contributed by atoms with Crippen molar-refractivity contribution in [1.82, 2.24) is 4.90 Å². The Morgan fingerprint density at radius 2 is 1.37 bits per heavy atom. The van der Waals surface area contributed by atoms with Crippen LogP contribution in [0.1, 0.15) is 102 Å². The summed E-state index contributed by atoms with van der Waals surface area (Å²) in [4.78, 5) is 14.8. The molecule has 0 spiro atoms. The highest BCUT2D eigenvalue weighted by molar-refractivity contribution is 8.02. The van der Waals surface area contributed by atoms with E-state index in [1.54, 1.807) is 24.9 Å². The lowest BCUT2D eigenvalue weighted by molar-refractivity contribution is 0.262. The first kappa shape index (κ1) is 32.7. The summed E-state index contributed by atoms with van der Waals surface area (Å²) in [6.45, 7) is 3.81. The molecule has 0 atom stereocenters. The van der Waals surface area contributed by atoms with Crippen LogP contribution in [-0.4, -0.2) is 30.5 Å². The monoisotopic (exact) mass is 581 g/mol. The van der Waals surface area contributed by atoms with Gasteiger partial charge < -0.3 is 25.0 Å². The number of benzene rings is 2. The molecule has 0 fully saturated rings. The Hall–Kier alpha value is -2.80. The first-order chi connectivity index (χ1) is 20.2. The summed E-state index contributed by atoms with van der Waals surface area (Å²) in [5, 5.41) is 7.88. The van der Waals surface area contributed by atoms with E-state index >= 15 is 0 Å². The SMILES string of the molecule is CCCCCCCCCCCCCCCCOc1ccc(NC(=O)Nc2ccc(CN3C=CSC3)cc2)cc1OC. The van der Waals surface area contributed by atoms with Gasteiger partial charge in [0.2, 0.25) is 0 Å². The highest BCUT2D eigenvalue weighted by Gasteiger charge is 2.10. The van der Waals surface area contributed by atoms with Crippen LogP contribution >= 0.6 is 11.8 Å². The van der Waals surface area contributed by atoms with E-state index in [-0.39, 0.29) is 6.03 Å². The standard InChI is InChI=1S/C34H51N3O3S/c1-3-4-5-6-7-8-9-10-11-12-13-14-15-16-24-40-32-22-21-31(26-33(32)39-2)36-34(38)35-30-19-17-29(18-20-30)27-37-23-25-41-28-37/h17-23,25-26H,3-16,24,27-28H2,1-2H3,(H2,35,36,38). The molecule has 0 unspecified atom stereocenters. The minimum Gasteiger partial charge on any atom is -0.493 e. The highest BCUT2D eigenvalue weighted by Crippen LogP contribution is 2.30. The molecule has 2 aromatic carbocycles. The van der Waals surface area contributed by atoms with E-state index in [1.807, 2.05) is 36.4 Å². The van der Waals surface area contributed by atoms with Crippen molar-refractivity contribution in [3.63, 3.8) is 0 Å². The van der Waals surface area contributed by atoms with Crippen LogP contribution in [0.4, 0.5) is 16.2 Å². The van der Waals surface area contributed by atoms with Crippen molar-refractivity contribution in [2.75, 3.05) is 30.2 Å². The van der Waals surface area contributed by atoms with Crippen molar-refractivity contribution >= 4 is 29.2 Å². The van der Waals surface area contributed by atoms with E-state index in [0.717, 1.165) is 24.5 Å². The van der Waals surface area contributed by atoms with Gasteiger partial charge in [0.15, 0.2) is 11.5 Å². The third kappa shape index (κ3) is 13.6. The fourth-order valence-corrected chi connectivity index (χ4v) is 5.69. The second kappa shape index (κ2) is 20.1. The molecule has 0 saturated carbocycles.